The van der Waals surface area contributed by atoms with E-state index < -0.39 is 0 Å². The Labute approximate surface area is 402 Å². The van der Waals surface area contributed by atoms with Crippen molar-refractivity contribution >= 4 is 52.2 Å². The van der Waals surface area contributed by atoms with Gasteiger partial charge in [-0.15, -0.1) is 0 Å². The Hall–Kier alpha value is -6.94. The number of aliphatic imine (C=N–C) groups is 1. The molecule has 1 unspecified atom stereocenters. The lowest BCUT2D eigenvalue weighted by atomic mass is 10.1. The van der Waals surface area contributed by atoms with E-state index in [1.165, 1.54) is 0 Å². The van der Waals surface area contributed by atoms with Crippen LogP contribution in [0.15, 0.2) is 96.0 Å². The number of carbonyl (C=O) groups excluding carboxylic acids is 3. The first-order valence-electron chi connectivity index (χ1n) is 23.5. The van der Waals surface area contributed by atoms with E-state index in [-0.39, 0.29) is 42.9 Å². The molecule has 0 saturated heterocycles. The first-order valence-corrected chi connectivity index (χ1v) is 23.5. The maximum absolute atomic E-state index is 14.1. The monoisotopic (exact) mass is 937 g/mol. The van der Waals surface area contributed by atoms with Gasteiger partial charge in [-0.25, -0.2) is 0 Å². The summed E-state index contributed by atoms with van der Waals surface area (Å²) in [4.78, 5) is 51.1. The van der Waals surface area contributed by atoms with Crippen LogP contribution in [-0.2, 0) is 45.1 Å². The van der Waals surface area contributed by atoms with E-state index in [0.29, 0.717) is 117 Å². The van der Waals surface area contributed by atoms with Crippen molar-refractivity contribution in [2.45, 2.75) is 57.9 Å². The highest BCUT2D eigenvalue weighted by Crippen LogP contribution is 2.43. The van der Waals surface area contributed by atoms with Crippen LogP contribution in [0.2, 0.25) is 0 Å². The molecule has 15 nitrogen and oxygen atoms in total. The molecular weight excluding hydrogens is 879 g/mol. The van der Waals surface area contributed by atoms with Crippen molar-refractivity contribution in [3.05, 3.63) is 124 Å². The van der Waals surface area contributed by atoms with Crippen LogP contribution in [-0.4, -0.2) is 110 Å². The number of para-hydroxylation sites is 2. The zero-order chi connectivity index (χ0) is 47.9. The molecule has 0 fully saturated rings. The van der Waals surface area contributed by atoms with Gasteiger partial charge in [-0.05, 0) is 84.5 Å². The number of anilines is 4. The molecule has 4 aliphatic rings. The molecule has 4 heterocycles. The molecule has 0 aliphatic carbocycles. The molecule has 0 radical (unpaired) electrons. The minimum Gasteiger partial charge on any atom is -0.493 e. The van der Waals surface area contributed by atoms with Crippen molar-refractivity contribution in [3.63, 3.8) is 0 Å². The number of methoxy groups -OCH3 is 3. The third-order valence-electron chi connectivity index (χ3n) is 12.9. The average Bonchev–Trinajstić information content (AvgIpc) is 3.85. The van der Waals surface area contributed by atoms with E-state index in [1.54, 1.807) is 46.5 Å². The predicted molar refractivity (Wildman–Crippen MR) is 265 cm³/mol. The second kappa shape index (κ2) is 21.6. The number of Topliss-reactive ketones (excluding diaryl/α,β-unsaturated/α-hetero) is 1. The highest BCUT2D eigenvalue weighted by molar-refractivity contribution is 6.15. The SMILES string of the molecule is COCCOCCOCCN(CCCC(C)=O)c1cc(COc2cc3c(cc2OC)C(=O)N2c4ccccc4CC2C=N3)cc(COc2cc3c(cc2OC)C(=O)N2c4ccccc4C[C@H]2CN3)c1. The largest absolute Gasteiger partial charge is 0.493 e. The van der Waals surface area contributed by atoms with Gasteiger partial charge in [0.2, 0.25) is 0 Å². The first kappa shape index (κ1) is 47.1. The molecule has 69 heavy (non-hydrogen) atoms. The number of carbonyl (C=O) groups is 3. The van der Waals surface area contributed by atoms with Crippen LogP contribution in [0.1, 0.15) is 62.7 Å². The Kier molecular flexibility index (Phi) is 14.7. The summed E-state index contributed by atoms with van der Waals surface area (Å²) in [6.07, 6.45) is 4.39. The number of ketones is 1. The van der Waals surface area contributed by atoms with Gasteiger partial charge in [0, 0.05) is 75.0 Å². The summed E-state index contributed by atoms with van der Waals surface area (Å²) in [7, 11) is 4.76. The standard InChI is InChI=1S/C54H59N5O10/c1-35(60)10-9-15-57(16-17-66-20-21-67-19-18-63-2)40-23-36(33-68-51-29-45-43(27-49(51)64-3)53(61)58-41(31-55-45)25-38-11-5-7-13-47(38)58)22-37(24-40)34-69-52-30-46-44(28-50(52)65-4)54(62)59-42(32-56-46)26-39-12-6-8-14-48(39)59/h5-8,11-14,22-24,27-31,41-42,56H,9-10,15-21,25-26,32-34H2,1-4H3/t41?,42-/m0/s1. The molecule has 15 heteroatoms. The number of ether oxygens (including phenoxy) is 7. The second-order valence-electron chi connectivity index (χ2n) is 17.6. The number of nitrogens with zero attached hydrogens (tertiary/aromatic N) is 4. The van der Waals surface area contributed by atoms with Crippen LogP contribution in [0.5, 0.6) is 23.0 Å². The second-order valence-corrected chi connectivity index (χ2v) is 17.6. The summed E-state index contributed by atoms with van der Waals surface area (Å²) < 4.78 is 41.5. The highest BCUT2D eigenvalue weighted by Gasteiger charge is 2.39. The van der Waals surface area contributed by atoms with Crippen molar-refractivity contribution in [3.8, 4) is 23.0 Å². The van der Waals surface area contributed by atoms with Crippen molar-refractivity contribution in [2.24, 2.45) is 4.99 Å². The van der Waals surface area contributed by atoms with Crippen LogP contribution >= 0.6 is 0 Å². The molecule has 360 valence electrons. The van der Waals surface area contributed by atoms with Crippen LogP contribution in [0.25, 0.3) is 0 Å². The number of fused-ring (bicyclic) bond motifs is 8. The Morgan fingerprint density at radius 1 is 0.696 bits per heavy atom. The van der Waals surface area contributed by atoms with Crippen molar-refractivity contribution < 1.29 is 47.5 Å². The maximum Gasteiger partial charge on any atom is 0.261 e. The zero-order valence-electron chi connectivity index (χ0n) is 39.7. The minimum absolute atomic E-state index is 0.0177. The van der Waals surface area contributed by atoms with Crippen LogP contribution in [0.4, 0.5) is 28.4 Å². The fourth-order valence-electron chi connectivity index (χ4n) is 9.54. The summed E-state index contributed by atoms with van der Waals surface area (Å²) >= 11 is 0. The fourth-order valence-corrected chi connectivity index (χ4v) is 9.54. The number of benzene rings is 5. The van der Waals surface area contributed by atoms with Gasteiger partial charge < -0.3 is 53.1 Å². The number of amides is 2. The summed E-state index contributed by atoms with van der Waals surface area (Å²) in [5, 5.41) is 3.52. The van der Waals surface area contributed by atoms with Gasteiger partial charge in [-0.3, -0.25) is 19.5 Å². The summed E-state index contributed by atoms with van der Waals surface area (Å²) in [6, 6.07) is 29.0. The molecule has 0 spiro atoms. The van der Waals surface area contributed by atoms with Gasteiger partial charge >= 0.3 is 0 Å². The molecule has 2 amide bonds. The number of hydrogen-bond acceptors (Lipinski definition) is 13. The number of hydrogen-bond donors (Lipinski definition) is 1. The van der Waals surface area contributed by atoms with E-state index in [1.807, 2.05) is 70.6 Å². The number of rotatable bonds is 22. The third kappa shape index (κ3) is 10.4. The van der Waals surface area contributed by atoms with Gasteiger partial charge in [0.15, 0.2) is 23.0 Å². The maximum atomic E-state index is 14.1. The van der Waals surface area contributed by atoms with Crippen LogP contribution in [0.3, 0.4) is 0 Å². The molecule has 2 atom stereocenters. The normalized spacial score (nSPS) is 16.3. The van der Waals surface area contributed by atoms with Gasteiger partial charge in [0.05, 0.1) is 81.8 Å². The highest BCUT2D eigenvalue weighted by atomic mass is 16.5. The first-order chi connectivity index (χ1) is 33.7. The van der Waals surface area contributed by atoms with Crippen molar-refractivity contribution in [2.75, 3.05) is 94.0 Å². The molecule has 1 N–H and O–H groups in total. The fraction of sp³-hybridized carbons (Fsp3) is 0.370. The van der Waals surface area contributed by atoms with Crippen LogP contribution < -0.4 is 39.0 Å². The molecule has 5 aromatic carbocycles. The summed E-state index contributed by atoms with van der Waals surface area (Å²) in [5.41, 5.74) is 8.79. The molecule has 5 aromatic rings. The van der Waals surface area contributed by atoms with Gasteiger partial charge in [-0.1, -0.05) is 36.4 Å². The van der Waals surface area contributed by atoms with Crippen molar-refractivity contribution in [1.82, 2.24) is 0 Å². The molecule has 4 aliphatic heterocycles. The molecule has 9 rings (SSSR count). The topological polar surface area (TPSA) is 150 Å². The van der Waals surface area contributed by atoms with E-state index in [0.717, 1.165) is 45.7 Å². The van der Waals surface area contributed by atoms with E-state index in [4.69, 9.17) is 38.2 Å². The Morgan fingerprint density at radius 3 is 2.01 bits per heavy atom. The van der Waals surface area contributed by atoms with Crippen molar-refractivity contribution in [1.29, 1.82) is 0 Å². The van der Waals surface area contributed by atoms with E-state index in [9.17, 15) is 14.4 Å². The summed E-state index contributed by atoms with van der Waals surface area (Å²) in [5.74, 6) is 1.65. The van der Waals surface area contributed by atoms with Crippen LogP contribution in [0, 0.1) is 0 Å². The lowest BCUT2D eigenvalue weighted by Crippen LogP contribution is -2.39. The molecule has 0 aromatic heterocycles. The number of nitrogens with one attached hydrogen (secondary N) is 1. The lowest BCUT2D eigenvalue weighted by molar-refractivity contribution is -0.117. The summed E-state index contributed by atoms with van der Waals surface area (Å²) in [6.45, 7) is 5.95. The molecule has 0 bridgehead atoms. The lowest BCUT2D eigenvalue weighted by Gasteiger charge is -2.26. The molecular formula is C54H59N5O10. The Balaban J connectivity index is 0.984. The smallest absolute Gasteiger partial charge is 0.261 e. The minimum atomic E-state index is -0.195. The average molecular weight is 938 g/mol. The third-order valence-corrected chi connectivity index (χ3v) is 12.9. The van der Waals surface area contributed by atoms with E-state index in [2.05, 4.69) is 28.4 Å². The van der Waals surface area contributed by atoms with Gasteiger partial charge in [0.25, 0.3) is 11.8 Å². The molecule has 0 saturated carbocycles. The Morgan fingerprint density at radius 2 is 1.32 bits per heavy atom. The van der Waals surface area contributed by atoms with E-state index >= 15 is 0 Å². The predicted octanol–water partition coefficient (Wildman–Crippen LogP) is 8.00. The Bertz CT molecular complexity index is 2720. The zero-order valence-corrected chi connectivity index (χ0v) is 39.7. The van der Waals surface area contributed by atoms with Gasteiger partial charge in [0.1, 0.15) is 19.0 Å². The van der Waals surface area contributed by atoms with Gasteiger partial charge in [-0.2, -0.15) is 0 Å². The quantitative estimate of drug-likeness (QED) is 0.0671.